The minimum Gasteiger partial charge on any atom is -0.125 e. The van der Waals surface area contributed by atoms with E-state index in [1.54, 1.807) is 11.8 Å². The predicted molar refractivity (Wildman–Crippen MR) is 29.2 cm³/mol. The van der Waals surface area contributed by atoms with E-state index in [2.05, 4.69) is 17.2 Å². The van der Waals surface area contributed by atoms with E-state index in [1.807, 2.05) is 0 Å². The summed E-state index contributed by atoms with van der Waals surface area (Å²) in [6, 6.07) is 0. The van der Waals surface area contributed by atoms with Gasteiger partial charge >= 0.3 is 0 Å². The molecule has 32 valence electrons. The van der Waals surface area contributed by atoms with E-state index in [9.17, 15) is 0 Å². The topological polar surface area (TPSA) is 0 Å². The van der Waals surface area contributed by atoms with Gasteiger partial charge in [-0.15, -0.1) is 11.8 Å². The van der Waals surface area contributed by atoms with Crippen LogP contribution in [0.3, 0.4) is 0 Å². The van der Waals surface area contributed by atoms with E-state index < -0.39 is 0 Å². The maximum absolute atomic E-state index is 3.11. The lowest BCUT2D eigenvalue weighted by atomic mass is 10.3. The lowest BCUT2D eigenvalue weighted by molar-refractivity contribution is 1.03. The van der Waals surface area contributed by atoms with Crippen LogP contribution in [0.1, 0.15) is 12.8 Å². The van der Waals surface area contributed by atoms with Gasteiger partial charge in [0.2, 0.25) is 0 Å². The summed E-state index contributed by atoms with van der Waals surface area (Å²) >= 11 is 1.66. The van der Waals surface area contributed by atoms with E-state index in [0.717, 1.165) is 6.42 Å². The summed E-state index contributed by atoms with van der Waals surface area (Å²) in [5, 5.41) is 2.07. The second kappa shape index (κ2) is 2.30. The molecule has 0 unspecified atom stereocenters. The Hall–Kier alpha value is 0.0900. The van der Waals surface area contributed by atoms with Gasteiger partial charge < -0.3 is 0 Å². The fraction of sp³-hybridized carbons (Fsp3) is 0.400. The third-order valence-corrected chi connectivity index (χ3v) is 1.36. The molecule has 1 rings (SSSR count). The first-order valence-electron chi connectivity index (χ1n) is 2.03. The summed E-state index contributed by atoms with van der Waals surface area (Å²) in [5.41, 5.74) is 0. The van der Waals surface area contributed by atoms with Crippen molar-refractivity contribution in [1.29, 1.82) is 0 Å². The van der Waals surface area contributed by atoms with Crippen molar-refractivity contribution in [2.45, 2.75) is 12.8 Å². The third-order valence-electron chi connectivity index (χ3n) is 0.661. The van der Waals surface area contributed by atoms with Gasteiger partial charge in [-0.05, 0) is 18.2 Å². The molecule has 0 saturated carbocycles. The van der Waals surface area contributed by atoms with Gasteiger partial charge in [-0.3, -0.25) is 0 Å². The number of hydrogen-bond donors (Lipinski definition) is 0. The molecule has 2 radical (unpaired) electrons. The Bertz CT molecular complexity index is 49.0. The van der Waals surface area contributed by atoms with Crippen LogP contribution >= 0.6 is 11.8 Å². The normalized spacial score (nSPS) is 21.3. The van der Waals surface area contributed by atoms with Crippen molar-refractivity contribution in [3.8, 4) is 0 Å². The van der Waals surface area contributed by atoms with Crippen LogP contribution in [-0.4, -0.2) is 0 Å². The van der Waals surface area contributed by atoms with Crippen molar-refractivity contribution >= 4 is 11.8 Å². The van der Waals surface area contributed by atoms with Gasteiger partial charge in [-0.1, -0.05) is 6.08 Å². The molecule has 6 heavy (non-hydrogen) atoms. The van der Waals surface area contributed by atoms with E-state index in [0.29, 0.717) is 0 Å². The first kappa shape index (κ1) is 4.25. The number of hydrogen-bond acceptors (Lipinski definition) is 1. The van der Waals surface area contributed by atoms with E-state index in [4.69, 9.17) is 0 Å². The molecule has 0 aromatic rings. The molecule has 0 spiro atoms. The summed E-state index contributed by atoms with van der Waals surface area (Å²) in [6.45, 7) is 0. The van der Waals surface area contributed by atoms with Crippen LogP contribution in [0.2, 0.25) is 0 Å². The fourth-order valence-corrected chi connectivity index (χ4v) is 0.930. The smallest absolute Gasteiger partial charge is 0.0532 e. The van der Waals surface area contributed by atoms with Crippen LogP contribution in [0.5, 0.6) is 0 Å². The molecular weight excluding hydrogens is 92.1 g/mol. The highest BCUT2D eigenvalue weighted by Gasteiger charge is 1.89. The zero-order valence-electron chi connectivity index (χ0n) is 3.48. The molecule has 1 aliphatic rings. The molecule has 0 N–H and O–H groups in total. The van der Waals surface area contributed by atoms with Crippen molar-refractivity contribution < 1.29 is 0 Å². The molecule has 0 nitrogen and oxygen atoms in total. The molecule has 1 aliphatic heterocycles. The largest absolute Gasteiger partial charge is 0.125 e. The van der Waals surface area contributed by atoms with Crippen LogP contribution in [0, 0.1) is 5.75 Å². The Balaban J connectivity index is 2.26. The van der Waals surface area contributed by atoms with Crippen molar-refractivity contribution in [1.82, 2.24) is 0 Å². The number of allylic oxidation sites excluding steroid dienone is 1. The van der Waals surface area contributed by atoms with E-state index >= 15 is 0 Å². The molecule has 0 aliphatic carbocycles. The Labute approximate surface area is 42.6 Å². The molecule has 0 atom stereocenters. The second-order valence-electron chi connectivity index (χ2n) is 1.17. The molecular formula is C5H6S. The second-order valence-corrected chi connectivity index (χ2v) is 1.97. The SMILES string of the molecule is [C]1CCC=CS1. The van der Waals surface area contributed by atoms with Crippen LogP contribution < -0.4 is 0 Å². The zero-order valence-corrected chi connectivity index (χ0v) is 4.29. The molecule has 1 heterocycles. The first-order chi connectivity index (χ1) is 3.00. The van der Waals surface area contributed by atoms with Crippen molar-refractivity contribution in [2.24, 2.45) is 0 Å². The molecule has 0 fully saturated rings. The quantitative estimate of drug-likeness (QED) is 0.447. The summed E-state index contributed by atoms with van der Waals surface area (Å²) in [6.07, 6.45) is 4.48. The Morgan fingerprint density at radius 3 is 2.83 bits per heavy atom. The number of thioether (sulfide) groups is 1. The zero-order chi connectivity index (χ0) is 4.24. The Morgan fingerprint density at radius 1 is 1.67 bits per heavy atom. The van der Waals surface area contributed by atoms with Crippen molar-refractivity contribution in [2.75, 3.05) is 0 Å². The summed E-state index contributed by atoms with van der Waals surface area (Å²) in [5.74, 6) is 3.11. The minimum atomic E-state index is 1.13. The molecule has 0 aromatic heterocycles. The van der Waals surface area contributed by atoms with Gasteiger partial charge in [0.15, 0.2) is 0 Å². The maximum Gasteiger partial charge on any atom is 0.0532 e. The standard InChI is InChI=1S/C5H6S/c1-2-4-6-5-3-1/h2,4H,1,3H2. The molecule has 0 bridgehead atoms. The maximum atomic E-state index is 3.11. The van der Waals surface area contributed by atoms with Crippen LogP contribution in [0.25, 0.3) is 0 Å². The van der Waals surface area contributed by atoms with Gasteiger partial charge in [0, 0.05) is 0 Å². The van der Waals surface area contributed by atoms with Crippen molar-refractivity contribution in [3.63, 3.8) is 0 Å². The minimum absolute atomic E-state index is 1.13. The van der Waals surface area contributed by atoms with Gasteiger partial charge in [0.05, 0.1) is 5.75 Å². The van der Waals surface area contributed by atoms with Crippen LogP contribution in [0.4, 0.5) is 0 Å². The lowest BCUT2D eigenvalue weighted by Crippen LogP contribution is -1.71. The summed E-state index contributed by atoms with van der Waals surface area (Å²) in [4.78, 5) is 0. The highest BCUT2D eigenvalue weighted by atomic mass is 32.2. The van der Waals surface area contributed by atoms with Gasteiger partial charge in [0.25, 0.3) is 0 Å². The van der Waals surface area contributed by atoms with Gasteiger partial charge in [-0.25, -0.2) is 0 Å². The van der Waals surface area contributed by atoms with E-state index in [-0.39, 0.29) is 0 Å². The Kier molecular flexibility index (Phi) is 1.63. The fourth-order valence-electron chi connectivity index (χ4n) is 0.365. The van der Waals surface area contributed by atoms with Crippen LogP contribution in [-0.2, 0) is 0 Å². The highest BCUT2D eigenvalue weighted by Crippen LogP contribution is 2.17. The molecule has 1 heteroatoms. The molecule has 0 aromatic carbocycles. The highest BCUT2D eigenvalue weighted by molar-refractivity contribution is 8.04. The lowest BCUT2D eigenvalue weighted by Gasteiger charge is -1.95. The van der Waals surface area contributed by atoms with Crippen LogP contribution in [0.15, 0.2) is 11.5 Å². The van der Waals surface area contributed by atoms with Gasteiger partial charge in [-0.2, -0.15) is 0 Å². The van der Waals surface area contributed by atoms with Crippen molar-refractivity contribution in [3.05, 3.63) is 17.2 Å². The predicted octanol–water partition coefficient (Wildman–Crippen LogP) is 2.07. The number of rotatable bonds is 0. The first-order valence-corrected chi connectivity index (χ1v) is 2.91. The molecule has 0 amide bonds. The van der Waals surface area contributed by atoms with E-state index in [1.165, 1.54) is 6.42 Å². The average molecular weight is 98.2 g/mol. The summed E-state index contributed by atoms with van der Waals surface area (Å²) < 4.78 is 0. The summed E-state index contributed by atoms with van der Waals surface area (Å²) in [7, 11) is 0. The Morgan fingerprint density at radius 2 is 2.67 bits per heavy atom. The average Bonchev–Trinajstić information content (AvgIpc) is 1.72. The third kappa shape index (κ3) is 1.05. The monoisotopic (exact) mass is 98.0 g/mol. The van der Waals surface area contributed by atoms with Gasteiger partial charge in [0.1, 0.15) is 0 Å². The molecule has 0 saturated heterocycles.